The summed E-state index contributed by atoms with van der Waals surface area (Å²) in [5.41, 5.74) is -0.430. The minimum absolute atomic E-state index is 0.311. The van der Waals surface area contributed by atoms with E-state index in [0.29, 0.717) is 12.2 Å². The first-order valence-electron chi connectivity index (χ1n) is 9.41. The smallest absolute Gasteiger partial charge is 0.416 e. The van der Waals surface area contributed by atoms with Gasteiger partial charge in [0, 0.05) is 18.9 Å². The Bertz CT molecular complexity index is 652. The number of rotatable bonds is 10. The molecule has 148 valence electrons. The van der Waals surface area contributed by atoms with Gasteiger partial charge < -0.3 is 4.74 Å². The molecule has 0 fully saturated rings. The predicted octanol–water partition coefficient (Wildman–Crippen LogP) is 6.41. The summed E-state index contributed by atoms with van der Waals surface area (Å²) in [7, 11) is 0. The molecule has 0 bridgehead atoms. The molecule has 27 heavy (non-hydrogen) atoms. The number of ether oxygens (including phenoxy) is 1. The van der Waals surface area contributed by atoms with Gasteiger partial charge in [-0.3, -0.25) is 0 Å². The molecule has 0 aliphatic carbocycles. The lowest BCUT2D eigenvalue weighted by atomic mass is 10.1. The van der Waals surface area contributed by atoms with Crippen LogP contribution in [0.2, 0.25) is 0 Å². The second-order valence-electron chi connectivity index (χ2n) is 6.20. The molecule has 1 aromatic rings. The van der Waals surface area contributed by atoms with Crippen LogP contribution < -0.4 is 0 Å². The molecule has 0 unspecified atom stereocenters. The largest absolute Gasteiger partial charge is 0.463 e. The molecule has 0 aliphatic rings. The van der Waals surface area contributed by atoms with E-state index in [-0.39, 0.29) is 0 Å². The van der Waals surface area contributed by atoms with E-state index in [0.717, 1.165) is 69.6 Å². The van der Waals surface area contributed by atoms with E-state index < -0.39 is 17.7 Å². The maximum Gasteiger partial charge on any atom is 0.416 e. The Morgan fingerprint density at radius 1 is 1.07 bits per heavy atom. The molecule has 0 spiro atoms. The van der Waals surface area contributed by atoms with E-state index in [4.69, 9.17) is 4.74 Å². The predicted molar refractivity (Wildman–Crippen MR) is 102 cm³/mol. The topological polar surface area (TPSA) is 26.3 Å². The first-order valence-corrected chi connectivity index (χ1v) is 9.41. The summed E-state index contributed by atoms with van der Waals surface area (Å²) in [6, 6.07) is 4.81. The van der Waals surface area contributed by atoms with Gasteiger partial charge in [-0.25, -0.2) is 4.79 Å². The van der Waals surface area contributed by atoms with Crippen molar-refractivity contribution in [1.29, 1.82) is 0 Å². The molecule has 0 aliphatic heterocycles. The van der Waals surface area contributed by atoms with E-state index >= 15 is 0 Å². The van der Waals surface area contributed by atoms with Crippen LogP contribution in [-0.2, 0) is 15.7 Å². The van der Waals surface area contributed by atoms with Crippen LogP contribution in [0.15, 0.2) is 30.3 Å². The van der Waals surface area contributed by atoms with Crippen LogP contribution in [0.1, 0.15) is 69.4 Å². The summed E-state index contributed by atoms with van der Waals surface area (Å²) in [6.45, 7) is 2.37. The summed E-state index contributed by atoms with van der Waals surface area (Å²) in [5, 5.41) is 0. The Balaban J connectivity index is 2.15. The number of halogens is 3. The Kier molecular flexibility index (Phi) is 11.0. The van der Waals surface area contributed by atoms with Crippen molar-refractivity contribution in [2.75, 3.05) is 6.61 Å². The molecule has 0 saturated carbocycles. The molecule has 0 amide bonds. The summed E-state index contributed by atoms with van der Waals surface area (Å²) in [5.74, 6) is 5.64. The van der Waals surface area contributed by atoms with Crippen LogP contribution in [0, 0.1) is 11.8 Å². The first kappa shape index (κ1) is 22.8. The fourth-order valence-corrected chi connectivity index (χ4v) is 2.44. The van der Waals surface area contributed by atoms with E-state index in [1.807, 2.05) is 6.92 Å². The van der Waals surface area contributed by atoms with Gasteiger partial charge >= 0.3 is 12.1 Å². The second kappa shape index (κ2) is 13.0. The highest BCUT2D eigenvalue weighted by atomic mass is 19.4. The minimum atomic E-state index is -4.40. The molecule has 2 nitrogen and oxygen atoms in total. The number of alkyl halides is 3. The highest BCUT2D eigenvalue weighted by Gasteiger charge is 2.30. The molecule has 0 aromatic heterocycles. The van der Waals surface area contributed by atoms with Gasteiger partial charge in [-0.15, -0.1) is 11.8 Å². The van der Waals surface area contributed by atoms with Crippen molar-refractivity contribution in [3.05, 3.63) is 41.5 Å². The summed E-state index contributed by atoms with van der Waals surface area (Å²) < 4.78 is 43.0. The fraction of sp³-hybridized carbons (Fsp3) is 0.500. The van der Waals surface area contributed by atoms with E-state index in [1.54, 1.807) is 0 Å². The van der Waals surface area contributed by atoms with Crippen LogP contribution in [0.5, 0.6) is 0 Å². The van der Waals surface area contributed by atoms with Crippen molar-refractivity contribution in [3.8, 4) is 11.8 Å². The van der Waals surface area contributed by atoms with Crippen molar-refractivity contribution in [2.24, 2.45) is 0 Å². The minimum Gasteiger partial charge on any atom is -0.463 e. The maximum absolute atomic E-state index is 12.6. The van der Waals surface area contributed by atoms with Crippen molar-refractivity contribution in [3.63, 3.8) is 0 Å². The molecule has 0 saturated heterocycles. The summed E-state index contributed by atoms with van der Waals surface area (Å²) in [4.78, 5) is 11.6. The highest BCUT2D eigenvalue weighted by Crippen LogP contribution is 2.29. The van der Waals surface area contributed by atoms with E-state index in [9.17, 15) is 18.0 Å². The zero-order chi connectivity index (χ0) is 20.0. The molecule has 5 heteroatoms. The number of carbonyl (C=O) groups excluding carboxylic acids is 1. The average molecular weight is 380 g/mol. The van der Waals surface area contributed by atoms with Gasteiger partial charge in [-0.1, -0.05) is 44.7 Å². The van der Waals surface area contributed by atoms with Crippen LogP contribution in [-0.4, -0.2) is 12.6 Å². The highest BCUT2D eigenvalue weighted by molar-refractivity contribution is 5.87. The van der Waals surface area contributed by atoms with Crippen LogP contribution in [0.3, 0.4) is 0 Å². The molecular weight excluding hydrogens is 353 g/mol. The van der Waals surface area contributed by atoms with Gasteiger partial charge in [0.2, 0.25) is 0 Å². The molecule has 0 radical (unpaired) electrons. The van der Waals surface area contributed by atoms with Crippen molar-refractivity contribution < 1.29 is 22.7 Å². The number of carbonyl (C=O) groups is 1. The zero-order valence-electron chi connectivity index (χ0n) is 15.8. The molecule has 1 aromatic carbocycles. The lowest BCUT2D eigenvalue weighted by Crippen LogP contribution is -2.04. The second-order valence-corrected chi connectivity index (χ2v) is 6.20. The third-order valence-electron chi connectivity index (χ3n) is 3.87. The van der Waals surface area contributed by atoms with Gasteiger partial charge in [0.25, 0.3) is 0 Å². The summed E-state index contributed by atoms with van der Waals surface area (Å²) in [6.07, 6.45) is 6.29. The van der Waals surface area contributed by atoms with Gasteiger partial charge in [0.15, 0.2) is 0 Å². The number of benzene rings is 1. The molecule has 0 atom stereocenters. The lowest BCUT2D eigenvalue weighted by molar-refractivity contribution is -0.138. The molecule has 0 N–H and O–H groups in total. The Morgan fingerprint density at radius 2 is 1.78 bits per heavy atom. The van der Waals surface area contributed by atoms with Crippen molar-refractivity contribution in [1.82, 2.24) is 0 Å². The van der Waals surface area contributed by atoms with Gasteiger partial charge in [0.05, 0.1) is 12.2 Å². The lowest BCUT2D eigenvalue weighted by Gasteiger charge is -2.06. The quantitative estimate of drug-likeness (QED) is 0.203. The normalized spacial score (nSPS) is 11.3. The first-order chi connectivity index (χ1) is 12.9. The Morgan fingerprint density at radius 3 is 2.48 bits per heavy atom. The monoisotopic (exact) mass is 380 g/mol. The third-order valence-corrected chi connectivity index (χ3v) is 3.87. The zero-order valence-corrected chi connectivity index (χ0v) is 15.8. The number of hydrogen-bond donors (Lipinski definition) is 0. The van der Waals surface area contributed by atoms with Crippen molar-refractivity contribution >= 4 is 12.0 Å². The fourth-order valence-electron chi connectivity index (χ4n) is 2.44. The SMILES string of the molecule is CCC#CCCCCCCCCOC(=O)/C=C/c1cccc(C(F)(F)F)c1. The van der Waals surface area contributed by atoms with Gasteiger partial charge in [-0.2, -0.15) is 13.2 Å². The van der Waals surface area contributed by atoms with Crippen LogP contribution in [0.25, 0.3) is 6.08 Å². The molecule has 1 rings (SSSR count). The maximum atomic E-state index is 12.6. The number of esters is 1. The molecular formula is C22H27F3O2. The van der Waals surface area contributed by atoms with Crippen LogP contribution in [0.4, 0.5) is 13.2 Å². The standard InChI is InChI=1S/C22H27F3O2/c1-2-3-4-5-6-7-8-9-10-11-17-27-21(26)16-15-19-13-12-14-20(18-19)22(23,24)25/h12-16,18H,2,5-11,17H2,1H3/b16-15+. The Labute approximate surface area is 159 Å². The van der Waals surface area contributed by atoms with E-state index in [2.05, 4.69) is 11.8 Å². The molecule has 0 heterocycles. The third kappa shape index (κ3) is 11.2. The van der Waals surface area contributed by atoms with Crippen LogP contribution >= 0.6 is 0 Å². The number of unbranched alkanes of at least 4 members (excludes halogenated alkanes) is 6. The van der Waals surface area contributed by atoms with E-state index in [1.165, 1.54) is 18.2 Å². The average Bonchev–Trinajstić information content (AvgIpc) is 2.64. The van der Waals surface area contributed by atoms with Crippen molar-refractivity contribution in [2.45, 2.75) is 64.5 Å². The van der Waals surface area contributed by atoms with Gasteiger partial charge in [-0.05, 0) is 36.6 Å². The number of hydrogen-bond acceptors (Lipinski definition) is 2. The van der Waals surface area contributed by atoms with Gasteiger partial charge in [0.1, 0.15) is 0 Å². The summed E-state index contributed by atoms with van der Waals surface area (Å²) >= 11 is 0. The Hall–Kier alpha value is -2.22.